The molecule has 2 aromatic rings. The highest BCUT2D eigenvalue weighted by Crippen LogP contribution is 2.33. The van der Waals surface area contributed by atoms with Crippen molar-refractivity contribution in [2.75, 3.05) is 5.32 Å². The highest BCUT2D eigenvalue weighted by Gasteiger charge is 2.31. The van der Waals surface area contributed by atoms with Gasteiger partial charge in [0.1, 0.15) is 6.29 Å². The van der Waals surface area contributed by atoms with E-state index in [4.69, 9.17) is 16.3 Å². The van der Waals surface area contributed by atoms with E-state index in [-0.39, 0.29) is 16.3 Å². The summed E-state index contributed by atoms with van der Waals surface area (Å²) in [5.41, 5.74) is -0.772. The van der Waals surface area contributed by atoms with Crippen molar-refractivity contribution >= 4 is 35.5 Å². The molecule has 0 bridgehead atoms. The predicted octanol–water partition coefficient (Wildman–Crippen LogP) is 4.36. The summed E-state index contributed by atoms with van der Waals surface area (Å²) in [6.45, 7) is 1.26. The number of anilines is 1. The number of benzene rings is 2. The maximum absolute atomic E-state index is 12.8. The number of ether oxygens (including phenoxy) is 1. The Balaban J connectivity index is 2.07. The minimum absolute atomic E-state index is 0.0978. The highest BCUT2D eigenvalue weighted by molar-refractivity contribution is 6.33. The molecular formula is C18H13ClF3NO4. The molecule has 0 saturated heterocycles. The molecule has 1 amide bonds. The zero-order chi connectivity index (χ0) is 20.2. The lowest BCUT2D eigenvalue weighted by Crippen LogP contribution is -2.30. The molecule has 0 aliphatic heterocycles. The first-order chi connectivity index (χ1) is 12.6. The van der Waals surface area contributed by atoms with Gasteiger partial charge in [0.05, 0.1) is 21.8 Å². The van der Waals surface area contributed by atoms with Crippen LogP contribution in [0, 0.1) is 0 Å². The van der Waals surface area contributed by atoms with Crippen LogP contribution in [0.4, 0.5) is 18.9 Å². The molecule has 5 nitrogen and oxygen atoms in total. The third kappa shape index (κ3) is 5.30. The van der Waals surface area contributed by atoms with E-state index in [1.165, 1.54) is 31.2 Å². The average molecular weight is 400 g/mol. The van der Waals surface area contributed by atoms with Gasteiger partial charge in [-0.1, -0.05) is 23.7 Å². The van der Waals surface area contributed by atoms with Crippen molar-refractivity contribution in [3.05, 3.63) is 64.2 Å². The Hall–Kier alpha value is -2.87. The van der Waals surface area contributed by atoms with Crippen LogP contribution in [-0.4, -0.2) is 24.3 Å². The Morgan fingerprint density at radius 3 is 2.33 bits per heavy atom. The molecule has 0 unspecified atom stereocenters. The minimum Gasteiger partial charge on any atom is -0.449 e. The number of hydrogen-bond acceptors (Lipinski definition) is 4. The molecular weight excluding hydrogens is 387 g/mol. The van der Waals surface area contributed by atoms with Gasteiger partial charge in [0.2, 0.25) is 0 Å². The van der Waals surface area contributed by atoms with Crippen molar-refractivity contribution in [2.24, 2.45) is 0 Å². The maximum atomic E-state index is 12.8. The van der Waals surface area contributed by atoms with E-state index in [1.54, 1.807) is 0 Å². The average Bonchev–Trinajstić information content (AvgIpc) is 2.62. The number of amides is 1. The highest BCUT2D eigenvalue weighted by atomic mass is 35.5. The standard InChI is InChI=1S/C18H13ClF3NO4/c1-10(27-17(26)12-4-2-11(9-24)3-5-12)16(25)23-15-8-13(18(20,21)22)6-7-14(15)19/h2-10H,1H3,(H,23,25)/t10-/m0/s1. The third-order valence-electron chi connectivity index (χ3n) is 3.49. The van der Waals surface area contributed by atoms with Crippen LogP contribution in [0.25, 0.3) is 0 Å². The maximum Gasteiger partial charge on any atom is 0.416 e. The van der Waals surface area contributed by atoms with Crippen molar-refractivity contribution < 1.29 is 32.3 Å². The van der Waals surface area contributed by atoms with Gasteiger partial charge in [0, 0.05) is 5.56 Å². The van der Waals surface area contributed by atoms with Crippen LogP contribution < -0.4 is 5.32 Å². The lowest BCUT2D eigenvalue weighted by molar-refractivity contribution is -0.137. The van der Waals surface area contributed by atoms with Gasteiger partial charge in [-0.05, 0) is 37.3 Å². The van der Waals surface area contributed by atoms with E-state index in [2.05, 4.69) is 5.32 Å². The lowest BCUT2D eigenvalue weighted by atomic mass is 10.1. The van der Waals surface area contributed by atoms with Gasteiger partial charge >= 0.3 is 12.1 Å². The molecule has 0 spiro atoms. The Bertz CT molecular complexity index is 866. The monoisotopic (exact) mass is 399 g/mol. The Labute approximate surface area is 157 Å². The summed E-state index contributed by atoms with van der Waals surface area (Å²) in [6.07, 6.45) is -5.30. The van der Waals surface area contributed by atoms with Crippen LogP contribution >= 0.6 is 11.6 Å². The molecule has 2 aromatic carbocycles. The Morgan fingerprint density at radius 2 is 1.78 bits per heavy atom. The molecule has 0 saturated carbocycles. The molecule has 0 fully saturated rings. The molecule has 27 heavy (non-hydrogen) atoms. The SMILES string of the molecule is C[C@H](OC(=O)c1ccc(C=O)cc1)C(=O)Nc1cc(C(F)(F)F)ccc1Cl. The molecule has 0 aliphatic carbocycles. The number of aldehydes is 1. The first-order valence-electron chi connectivity index (χ1n) is 7.55. The lowest BCUT2D eigenvalue weighted by Gasteiger charge is -2.15. The number of alkyl halides is 3. The van der Waals surface area contributed by atoms with E-state index >= 15 is 0 Å². The number of halogens is 4. The van der Waals surface area contributed by atoms with Crippen LogP contribution in [0.1, 0.15) is 33.2 Å². The molecule has 0 aromatic heterocycles. The van der Waals surface area contributed by atoms with E-state index < -0.39 is 29.7 Å². The van der Waals surface area contributed by atoms with Crippen LogP contribution in [0.2, 0.25) is 5.02 Å². The topological polar surface area (TPSA) is 72.5 Å². The third-order valence-corrected chi connectivity index (χ3v) is 3.82. The van der Waals surface area contributed by atoms with Crippen LogP contribution in [0.3, 0.4) is 0 Å². The second-order valence-corrected chi connectivity index (χ2v) is 5.88. The Morgan fingerprint density at radius 1 is 1.15 bits per heavy atom. The smallest absolute Gasteiger partial charge is 0.416 e. The predicted molar refractivity (Wildman–Crippen MR) is 91.8 cm³/mol. The van der Waals surface area contributed by atoms with E-state index in [0.717, 1.165) is 12.1 Å². The van der Waals surface area contributed by atoms with Gasteiger partial charge in [-0.15, -0.1) is 0 Å². The molecule has 0 heterocycles. The summed E-state index contributed by atoms with van der Waals surface area (Å²) in [5.74, 6) is -1.68. The quantitative estimate of drug-likeness (QED) is 0.599. The molecule has 9 heteroatoms. The summed E-state index contributed by atoms with van der Waals surface area (Å²) in [4.78, 5) is 34.7. The van der Waals surface area contributed by atoms with Gasteiger partial charge in [-0.2, -0.15) is 13.2 Å². The molecule has 2 rings (SSSR count). The van der Waals surface area contributed by atoms with Gasteiger partial charge in [0.15, 0.2) is 6.10 Å². The molecule has 1 atom stereocenters. The number of nitrogens with one attached hydrogen (secondary N) is 1. The number of esters is 1. The zero-order valence-corrected chi connectivity index (χ0v) is 14.6. The fraction of sp³-hybridized carbons (Fsp3) is 0.167. The second kappa shape index (κ2) is 8.22. The molecule has 1 N–H and O–H groups in total. The van der Waals surface area contributed by atoms with Gasteiger partial charge in [-0.3, -0.25) is 9.59 Å². The van der Waals surface area contributed by atoms with Crippen molar-refractivity contribution in [1.82, 2.24) is 0 Å². The van der Waals surface area contributed by atoms with Gasteiger partial charge < -0.3 is 10.1 Å². The van der Waals surface area contributed by atoms with E-state index in [9.17, 15) is 27.6 Å². The summed E-state index contributed by atoms with van der Waals surface area (Å²) in [5, 5.41) is 2.11. The van der Waals surface area contributed by atoms with Crippen molar-refractivity contribution in [3.8, 4) is 0 Å². The summed E-state index contributed by atoms with van der Waals surface area (Å²) in [6, 6.07) is 7.97. The summed E-state index contributed by atoms with van der Waals surface area (Å²) in [7, 11) is 0. The number of carbonyl (C=O) groups excluding carboxylic acids is 3. The normalized spacial score (nSPS) is 12.2. The number of rotatable bonds is 5. The van der Waals surface area contributed by atoms with Gasteiger partial charge in [0.25, 0.3) is 5.91 Å². The zero-order valence-electron chi connectivity index (χ0n) is 13.8. The largest absolute Gasteiger partial charge is 0.449 e. The second-order valence-electron chi connectivity index (χ2n) is 5.47. The Kier molecular flexibility index (Phi) is 6.22. The number of hydrogen-bond donors (Lipinski definition) is 1. The molecule has 0 aliphatic rings. The van der Waals surface area contributed by atoms with E-state index in [0.29, 0.717) is 17.9 Å². The fourth-order valence-electron chi connectivity index (χ4n) is 2.01. The van der Waals surface area contributed by atoms with E-state index in [1.807, 2.05) is 0 Å². The minimum atomic E-state index is -4.60. The number of carbonyl (C=O) groups is 3. The molecule has 0 radical (unpaired) electrons. The van der Waals surface area contributed by atoms with Gasteiger partial charge in [-0.25, -0.2) is 4.79 Å². The first kappa shape index (κ1) is 20.4. The van der Waals surface area contributed by atoms with Crippen molar-refractivity contribution in [3.63, 3.8) is 0 Å². The first-order valence-corrected chi connectivity index (χ1v) is 7.93. The summed E-state index contributed by atoms with van der Waals surface area (Å²) >= 11 is 5.81. The summed E-state index contributed by atoms with van der Waals surface area (Å²) < 4.78 is 43.3. The van der Waals surface area contributed by atoms with Crippen LogP contribution in [0.15, 0.2) is 42.5 Å². The van der Waals surface area contributed by atoms with Crippen molar-refractivity contribution in [2.45, 2.75) is 19.2 Å². The van der Waals surface area contributed by atoms with Crippen molar-refractivity contribution in [1.29, 1.82) is 0 Å². The van der Waals surface area contributed by atoms with Crippen LogP contribution in [-0.2, 0) is 15.7 Å². The van der Waals surface area contributed by atoms with Crippen LogP contribution in [0.5, 0.6) is 0 Å². The fourth-order valence-corrected chi connectivity index (χ4v) is 2.18. The molecule has 142 valence electrons.